The Morgan fingerprint density at radius 3 is 2.71 bits per heavy atom. The summed E-state index contributed by atoms with van der Waals surface area (Å²) in [6.45, 7) is 7.98. The van der Waals surface area contributed by atoms with Crippen molar-refractivity contribution in [2.24, 2.45) is 11.8 Å². The highest BCUT2D eigenvalue weighted by molar-refractivity contribution is 5.66. The molecule has 1 aliphatic carbocycles. The van der Waals surface area contributed by atoms with Crippen molar-refractivity contribution in [3.05, 3.63) is 11.6 Å². The summed E-state index contributed by atoms with van der Waals surface area (Å²) in [6.07, 6.45) is 4.36. The van der Waals surface area contributed by atoms with E-state index in [4.69, 9.17) is 4.74 Å². The van der Waals surface area contributed by atoms with Crippen LogP contribution in [-0.4, -0.2) is 12.1 Å². The van der Waals surface area contributed by atoms with Gasteiger partial charge in [0.2, 0.25) is 0 Å². The maximum absolute atomic E-state index is 10.9. The van der Waals surface area contributed by atoms with Gasteiger partial charge in [0, 0.05) is 6.92 Å². The highest BCUT2D eigenvalue weighted by Crippen LogP contribution is 2.30. The molecule has 2 heteroatoms. The molecule has 1 rings (SSSR count). The Bertz CT molecular complexity index is 241. The molecule has 0 amide bonds. The molecule has 0 aliphatic heterocycles. The SMILES string of the molecule is CC(=O)OC1CC(C)CC=C1C(C)C. The highest BCUT2D eigenvalue weighted by Gasteiger charge is 2.25. The Morgan fingerprint density at radius 2 is 2.21 bits per heavy atom. The minimum atomic E-state index is -0.171. The lowest BCUT2D eigenvalue weighted by Gasteiger charge is -2.29. The summed E-state index contributed by atoms with van der Waals surface area (Å²) < 4.78 is 5.33. The molecule has 0 fully saturated rings. The van der Waals surface area contributed by atoms with Crippen LogP contribution < -0.4 is 0 Å². The molecule has 1 aliphatic rings. The van der Waals surface area contributed by atoms with Crippen LogP contribution in [-0.2, 0) is 9.53 Å². The van der Waals surface area contributed by atoms with Crippen LogP contribution in [0.1, 0.15) is 40.5 Å². The minimum absolute atomic E-state index is 0.0243. The van der Waals surface area contributed by atoms with Crippen LogP contribution in [0.4, 0.5) is 0 Å². The average molecular weight is 196 g/mol. The molecule has 0 aromatic rings. The monoisotopic (exact) mass is 196 g/mol. The fourth-order valence-corrected chi connectivity index (χ4v) is 1.99. The zero-order valence-electron chi connectivity index (χ0n) is 9.54. The van der Waals surface area contributed by atoms with Gasteiger partial charge in [-0.2, -0.15) is 0 Å². The first kappa shape index (κ1) is 11.3. The predicted molar refractivity (Wildman–Crippen MR) is 56.9 cm³/mol. The van der Waals surface area contributed by atoms with Crippen molar-refractivity contribution in [1.29, 1.82) is 0 Å². The summed E-state index contributed by atoms with van der Waals surface area (Å²) in [5, 5.41) is 0. The lowest BCUT2D eigenvalue weighted by atomic mass is 9.84. The number of esters is 1. The Morgan fingerprint density at radius 1 is 1.57 bits per heavy atom. The second-order valence-electron chi connectivity index (χ2n) is 4.53. The molecule has 14 heavy (non-hydrogen) atoms. The van der Waals surface area contributed by atoms with Crippen LogP contribution in [0.3, 0.4) is 0 Å². The number of ether oxygens (including phenoxy) is 1. The molecule has 0 aromatic carbocycles. The first-order chi connectivity index (χ1) is 6.50. The van der Waals surface area contributed by atoms with Crippen molar-refractivity contribution in [3.63, 3.8) is 0 Å². The van der Waals surface area contributed by atoms with Crippen LogP contribution in [0.2, 0.25) is 0 Å². The first-order valence-corrected chi connectivity index (χ1v) is 5.38. The third-order valence-electron chi connectivity index (χ3n) is 2.72. The largest absolute Gasteiger partial charge is 0.458 e. The van der Waals surface area contributed by atoms with Gasteiger partial charge in [0.05, 0.1) is 0 Å². The van der Waals surface area contributed by atoms with E-state index in [0.29, 0.717) is 11.8 Å². The second kappa shape index (κ2) is 4.63. The van der Waals surface area contributed by atoms with Crippen LogP contribution in [0, 0.1) is 11.8 Å². The quantitative estimate of drug-likeness (QED) is 0.501. The van der Waals surface area contributed by atoms with Gasteiger partial charge in [0.25, 0.3) is 0 Å². The molecular weight excluding hydrogens is 176 g/mol. The fraction of sp³-hybridized carbons (Fsp3) is 0.750. The zero-order chi connectivity index (χ0) is 10.7. The van der Waals surface area contributed by atoms with Crippen LogP contribution in [0.5, 0.6) is 0 Å². The van der Waals surface area contributed by atoms with E-state index in [-0.39, 0.29) is 12.1 Å². The molecule has 0 saturated carbocycles. The molecule has 0 radical (unpaired) electrons. The Hall–Kier alpha value is -0.790. The molecule has 2 nitrogen and oxygen atoms in total. The van der Waals surface area contributed by atoms with Gasteiger partial charge >= 0.3 is 5.97 Å². The summed E-state index contributed by atoms with van der Waals surface area (Å²) in [5.41, 5.74) is 1.29. The van der Waals surface area contributed by atoms with E-state index in [1.54, 1.807) is 0 Å². The maximum Gasteiger partial charge on any atom is 0.303 e. The van der Waals surface area contributed by atoms with Gasteiger partial charge < -0.3 is 4.74 Å². The molecule has 0 spiro atoms. The van der Waals surface area contributed by atoms with Gasteiger partial charge in [0.15, 0.2) is 0 Å². The lowest BCUT2D eigenvalue weighted by Crippen LogP contribution is -2.27. The average Bonchev–Trinajstić information content (AvgIpc) is 2.01. The highest BCUT2D eigenvalue weighted by atomic mass is 16.5. The van der Waals surface area contributed by atoms with Crippen molar-refractivity contribution in [2.75, 3.05) is 0 Å². The lowest BCUT2D eigenvalue weighted by molar-refractivity contribution is -0.145. The van der Waals surface area contributed by atoms with E-state index < -0.39 is 0 Å². The third kappa shape index (κ3) is 2.86. The molecule has 0 N–H and O–H groups in total. The van der Waals surface area contributed by atoms with E-state index in [1.807, 2.05) is 0 Å². The molecule has 2 unspecified atom stereocenters. The van der Waals surface area contributed by atoms with Gasteiger partial charge in [-0.15, -0.1) is 0 Å². The smallest absolute Gasteiger partial charge is 0.303 e. The van der Waals surface area contributed by atoms with E-state index in [9.17, 15) is 4.79 Å². The Balaban J connectivity index is 2.72. The minimum Gasteiger partial charge on any atom is -0.458 e. The normalized spacial score (nSPS) is 27.4. The molecule has 0 saturated heterocycles. The Kier molecular flexibility index (Phi) is 3.73. The summed E-state index contributed by atoms with van der Waals surface area (Å²) in [4.78, 5) is 10.9. The van der Waals surface area contributed by atoms with Gasteiger partial charge in [-0.05, 0) is 30.3 Å². The molecule has 0 heterocycles. The summed E-state index contributed by atoms with van der Waals surface area (Å²) in [5.74, 6) is 0.935. The van der Waals surface area contributed by atoms with Crippen LogP contribution >= 0.6 is 0 Å². The van der Waals surface area contributed by atoms with Crippen molar-refractivity contribution in [2.45, 2.75) is 46.6 Å². The first-order valence-electron chi connectivity index (χ1n) is 5.38. The van der Waals surface area contributed by atoms with E-state index in [1.165, 1.54) is 12.5 Å². The molecule has 0 aromatic heterocycles. The van der Waals surface area contributed by atoms with Crippen molar-refractivity contribution in [1.82, 2.24) is 0 Å². The van der Waals surface area contributed by atoms with Gasteiger partial charge in [-0.25, -0.2) is 0 Å². The predicted octanol–water partition coefficient (Wildman–Crippen LogP) is 2.93. The van der Waals surface area contributed by atoms with Crippen molar-refractivity contribution in [3.8, 4) is 0 Å². The summed E-state index contributed by atoms with van der Waals surface area (Å²) in [6, 6.07) is 0. The van der Waals surface area contributed by atoms with Crippen LogP contribution in [0.25, 0.3) is 0 Å². The topological polar surface area (TPSA) is 26.3 Å². The Labute approximate surface area is 86.3 Å². The van der Waals surface area contributed by atoms with Gasteiger partial charge in [-0.3, -0.25) is 4.79 Å². The number of hydrogen-bond acceptors (Lipinski definition) is 2. The van der Waals surface area contributed by atoms with Gasteiger partial charge in [-0.1, -0.05) is 26.8 Å². The summed E-state index contributed by atoms with van der Waals surface area (Å²) in [7, 11) is 0. The third-order valence-corrected chi connectivity index (χ3v) is 2.72. The number of carbonyl (C=O) groups excluding carboxylic acids is 1. The number of rotatable bonds is 2. The maximum atomic E-state index is 10.9. The molecule has 80 valence electrons. The van der Waals surface area contributed by atoms with Crippen molar-refractivity contribution < 1.29 is 9.53 Å². The number of carbonyl (C=O) groups is 1. The van der Waals surface area contributed by atoms with Crippen molar-refractivity contribution >= 4 is 5.97 Å². The summed E-state index contributed by atoms with van der Waals surface area (Å²) >= 11 is 0. The molecular formula is C12H20O2. The van der Waals surface area contributed by atoms with E-state index in [0.717, 1.165) is 12.8 Å². The van der Waals surface area contributed by atoms with E-state index in [2.05, 4.69) is 26.8 Å². The molecule has 0 bridgehead atoms. The fourth-order valence-electron chi connectivity index (χ4n) is 1.99. The second-order valence-corrected chi connectivity index (χ2v) is 4.53. The van der Waals surface area contributed by atoms with E-state index >= 15 is 0 Å². The molecule has 2 atom stereocenters. The zero-order valence-corrected chi connectivity index (χ0v) is 9.54. The standard InChI is InChI=1S/C12H20O2/c1-8(2)11-6-5-9(3)7-12(11)14-10(4)13/h6,8-9,12H,5,7H2,1-4H3. The van der Waals surface area contributed by atoms with Gasteiger partial charge in [0.1, 0.15) is 6.10 Å². The number of allylic oxidation sites excluding steroid dienone is 1. The van der Waals surface area contributed by atoms with Crippen LogP contribution in [0.15, 0.2) is 11.6 Å². The number of hydrogen-bond donors (Lipinski definition) is 0.